The van der Waals surface area contributed by atoms with Gasteiger partial charge in [-0.3, -0.25) is 14.4 Å². The number of unbranched alkanes of at least 4 members (excludes halogenated alkanes) is 4. The van der Waals surface area contributed by atoms with Crippen molar-refractivity contribution in [2.45, 2.75) is 94.7 Å². The molecular weight excluding hydrogens is 500 g/mol. The lowest BCUT2D eigenvalue weighted by molar-refractivity contribution is -0.155. The molecule has 3 fully saturated rings. The average Bonchev–Trinajstić information content (AvgIpc) is 3.47. The van der Waals surface area contributed by atoms with Crippen molar-refractivity contribution >= 4 is 29.5 Å². The Morgan fingerprint density at radius 1 is 1.24 bits per heavy atom. The number of hydrogen-bond acceptors (Lipinski definition) is 6. The number of likely N-dealkylation sites (tertiary alicyclic amines) is 1. The van der Waals surface area contributed by atoms with Gasteiger partial charge in [0.2, 0.25) is 11.8 Å². The highest BCUT2D eigenvalue weighted by molar-refractivity contribution is 8.02. The van der Waals surface area contributed by atoms with Crippen LogP contribution in [0.2, 0.25) is 0 Å². The lowest BCUT2D eigenvalue weighted by Crippen LogP contribution is -2.60. The topological polar surface area (TPSA) is 87.1 Å². The standard InChI is InChI=1S/C30H48N2O5S/c1-7-10-12-14-17-37-29(36)24-23-18-21(6)30(38-23)25(24)27(34)32(22(19-33)20(4)5)26(30)28(35)31(15-9-3)16-13-11-8-2/h7,9,20-26,33H,1,3,8,10-19H2,2,4-6H3/t21?,22-,23+,24-,25-,26?,30?/m0/s1. The van der Waals surface area contributed by atoms with E-state index < -0.39 is 28.7 Å². The first-order chi connectivity index (χ1) is 18.2. The van der Waals surface area contributed by atoms with Gasteiger partial charge in [-0.1, -0.05) is 52.7 Å². The number of amides is 2. The highest BCUT2D eigenvalue weighted by Crippen LogP contribution is 2.69. The van der Waals surface area contributed by atoms with Crippen LogP contribution in [0.1, 0.15) is 72.6 Å². The summed E-state index contributed by atoms with van der Waals surface area (Å²) in [5.74, 6) is -1.75. The first kappa shape index (κ1) is 30.7. The Hall–Kier alpha value is -1.80. The van der Waals surface area contributed by atoms with Gasteiger partial charge < -0.3 is 19.6 Å². The molecule has 38 heavy (non-hydrogen) atoms. The Morgan fingerprint density at radius 2 is 1.97 bits per heavy atom. The average molecular weight is 549 g/mol. The SMILES string of the molecule is C=CCCCCOC(=O)[C@@H]1[C@H]2C(=O)N([C@@H](CO)C(C)C)C(C(=O)N(CC=C)CCCCC)C23S[C@@H]1CC3C. The number of rotatable bonds is 16. The van der Waals surface area contributed by atoms with E-state index in [0.29, 0.717) is 19.7 Å². The smallest absolute Gasteiger partial charge is 0.310 e. The number of ether oxygens (including phenoxy) is 1. The maximum atomic E-state index is 14.4. The largest absolute Gasteiger partial charge is 0.465 e. The van der Waals surface area contributed by atoms with E-state index in [1.165, 1.54) is 0 Å². The number of thioether (sulfide) groups is 1. The molecule has 0 aliphatic carbocycles. The van der Waals surface area contributed by atoms with Crippen LogP contribution in [0.4, 0.5) is 0 Å². The normalized spacial score (nSPS) is 30.4. The highest BCUT2D eigenvalue weighted by Gasteiger charge is 2.77. The van der Waals surface area contributed by atoms with Crippen molar-refractivity contribution in [1.29, 1.82) is 0 Å². The minimum Gasteiger partial charge on any atom is -0.465 e. The van der Waals surface area contributed by atoms with Gasteiger partial charge in [0.25, 0.3) is 0 Å². The molecule has 3 aliphatic rings. The Bertz CT molecular complexity index is 879. The first-order valence-corrected chi connectivity index (χ1v) is 15.4. The van der Waals surface area contributed by atoms with E-state index in [4.69, 9.17) is 4.74 Å². The molecule has 1 N–H and O–H groups in total. The Balaban J connectivity index is 1.99. The van der Waals surface area contributed by atoms with E-state index in [1.54, 1.807) is 22.7 Å². The van der Waals surface area contributed by atoms with E-state index in [2.05, 4.69) is 27.0 Å². The summed E-state index contributed by atoms with van der Waals surface area (Å²) in [6.07, 6.45) is 9.83. The van der Waals surface area contributed by atoms with Crippen LogP contribution in [0.15, 0.2) is 25.3 Å². The van der Waals surface area contributed by atoms with Gasteiger partial charge in [-0.2, -0.15) is 0 Å². The lowest BCUT2D eigenvalue weighted by atomic mass is 9.66. The zero-order chi connectivity index (χ0) is 28.0. The van der Waals surface area contributed by atoms with E-state index >= 15 is 0 Å². The van der Waals surface area contributed by atoms with Gasteiger partial charge >= 0.3 is 5.97 Å². The van der Waals surface area contributed by atoms with Crippen molar-refractivity contribution < 1.29 is 24.2 Å². The van der Waals surface area contributed by atoms with E-state index in [0.717, 1.165) is 44.9 Å². The molecule has 3 heterocycles. The number of hydrogen-bond donors (Lipinski definition) is 1. The third-order valence-electron chi connectivity index (χ3n) is 8.74. The van der Waals surface area contributed by atoms with Crippen LogP contribution in [-0.2, 0) is 19.1 Å². The second-order valence-corrected chi connectivity index (χ2v) is 13.1. The molecule has 7 atom stereocenters. The van der Waals surface area contributed by atoms with Gasteiger partial charge in [-0.25, -0.2) is 0 Å². The number of allylic oxidation sites excluding steroid dienone is 1. The van der Waals surface area contributed by atoms with Crippen LogP contribution < -0.4 is 0 Å². The van der Waals surface area contributed by atoms with Crippen LogP contribution in [0.3, 0.4) is 0 Å². The van der Waals surface area contributed by atoms with Crippen molar-refractivity contribution in [3.8, 4) is 0 Å². The second-order valence-electron chi connectivity index (χ2n) is 11.5. The molecule has 2 amide bonds. The van der Waals surface area contributed by atoms with E-state index in [1.807, 2.05) is 24.8 Å². The Labute approximate surface area is 233 Å². The molecule has 3 aliphatic heterocycles. The molecule has 3 rings (SSSR count). The van der Waals surface area contributed by atoms with Crippen LogP contribution in [-0.4, -0.2) is 81.1 Å². The zero-order valence-electron chi connectivity index (χ0n) is 23.8. The maximum absolute atomic E-state index is 14.4. The van der Waals surface area contributed by atoms with Crippen LogP contribution >= 0.6 is 11.8 Å². The molecule has 7 nitrogen and oxygen atoms in total. The summed E-state index contributed by atoms with van der Waals surface area (Å²) in [6.45, 7) is 16.9. The summed E-state index contributed by atoms with van der Waals surface area (Å²) < 4.78 is 5.00. The molecule has 2 bridgehead atoms. The molecule has 0 aromatic heterocycles. The highest BCUT2D eigenvalue weighted by atomic mass is 32.2. The number of nitrogens with zero attached hydrogens (tertiary/aromatic N) is 2. The monoisotopic (exact) mass is 548 g/mol. The van der Waals surface area contributed by atoms with Crippen LogP contribution in [0.25, 0.3) is 0 Å². The van der Waals surface area contributed by atoms with Crippen molar-refractivity contribution in [3.63, 3.8) is 0 Å². The molecule has 214 valence electrons. The quantitative estimate of drug-likeness (QED) is 0.174. The van der Waals surface area contributed by atoms with Crippen LogP contribution in [0.5, 0.6) is 0 Å². The Kier molecular flexibility index (Phi) is 10.9. The predicted molar refractivity (Wildman–Crippen MR) is 153 cm³/mol. The zero-order valence-corrected chi connectivity index (χ0v) is 24.6. The molecule has 8 heteroatoms. The summed E-state index contributed by atoms with van der Waals surface area (Å²) in [6, 6.07) is -1.23. The van der Waals surface area contributed by atoms with Gasteiger partial charge in [0.1, 0.15) is 6.04 Å². The molecule has 1 spiro atoms. The summed E-state index contributed by atoms with van der Waals surface area (Å²) in [4.78, 5) is 45.6. The molecule has 3 saturated heterocycles. The van der Waals surface area contributed by atoms with Crippen LogP contribution in [0, 0.1) is 23.7 Å². The number of aliphatic hydroxyl groups is 1. The molecule has 3 unspecified atom stereocenters. The summed E-state index contributed by atoms with van der Waals surface area (Å²) in [5.41, 5.74) is 0. The van der Waals surface area contributed by atoms with E-state index in [9.17, 15) is 19.5 Å². The predicted octanol–water partition coefficient (Wildman–Crippen LogP) is 4.44. The third-order valence-corrected chi connectivity index (χ3v) is 10.8. The number of esters is 1. The summed E-state index contributed by atoms with van der Waals surface area (Å²) in [5, 5.41) is 10.4. The van der Waals surface area contributed by atoms with Gasteiger partial charge in [-0.15, -0.1) is 24.9 Å². The van der Waals surface area contributed by atoms with Crippen molar-refractivity contribution in [2.24, 2.45) is 23.7 Å². The number of aliphatic hydroxyl groups excluding tert-OH is 1. The van der Waals surface area contributed by atoms with Gasteiger partial charge in [-0.05, 0) is 43.9 Å². The minimum atomic E-state index is -0.725. The first-order valence-electron chi connectivity index (χ1n) is 14.5. The number of carbonyl (C=O) groups is 3. The fourth-order valence-electron chi connectivity index (χ4n) is 6.82. The molecular formula is C30H48N2O5S. The van der Waals surface area contributed by atoms with Gasteiger partial charge in [0.15, 0.2) is 0 Å². The fourth-order valence-corrected chi connectivity index (χ4v) is 9.21. The van der Waals surface area contributed by atoms with Crippen molar-refractivity contribution in [3.05, 3.63) is 25.3 Å². The molecule has 0 saturated carbocycles. The Morgan fingerprint density at radius 3 is 2.58 bits per heavy atom. The third kappa shape index (κ3) is 5.58. The fraction of sp³-hybridized carbons (Fsp3) is 0.767. The lowest BCUT2D eigenvalue weighted by Gasteiger charge is -2.42. The second kappa shape index (κ2) is 13.5. The van der Waals surface area contributed by atoms with Gasteiger partial charge in [0.05, 0.1) is 35.8 Å². The maximum Gasteiger partial charge on any atom is 0.310 e. The summed E-state index contributed by atoms with van der Waals surface area (Å²) in [7, 11) is 0. The van der Waals surface area contributed by atoms with Crippen molar-refractivity contribution in [1.82, 2.24) is 9.80 Å². The molecule has 0 aromatic rings. The summed E-state index contributed by atoms with van der Waals surface area (Å²) >= 11 is 1.66. The molecule has 0 aromatic carbocycles. The minimum absolute atomic E-state index is 0.0448. The van der Waals surface area contributed by atoms with E-state index in [-0.39, 0.29) is 41.5 Å². The van der Waals surface area contributed by atoms with Gasteiger partial charge in [0, 0.05) is 18.3 Å². The number of carbonyl (C=O) groups excluding carboxylic acids is 3. The van der Waals surface area contributed by atoms with Crippen molar-refractivity contribution in [2.75, 3.05) is 26.3 Å². The number of fused-ring (bicyclic) bond motifs is 1. The molecule has 0 radical (unpaired) electrons.